The first kappa shape index (κ1) is 19.8. The van der Waals surface area contributed by atoms with Gasteiger partial charge in [0.2, 0.25) is 0 Å². The van der Waals surface area contributed by atoms with Gasteiger partial charge in [-0.15, -0.1) is 0 Å². The molecule has 1 N–H and O–H groups in total. The third-order valence-corrected chi connectivity index (χ3v) is 6.79. The van der Waals surface area contributed by atoms with Crippen LogP contribution >= 0.6 is 11.6 Å². The van der Waals surface area contributed by atoms with Crippen molar-refractivity contribution in [3.63, 3.8) is 0 Å². The second-order valence-electron chi connectivity index (χ2n) is 6.92. The van der Waals surface area contributed by atoms with Crippen LogP contribution in [0.1, 0.15) is 0 Å². The van der Waals surface area contributed by atoms with Crippen LogP contribution < -0.4 is 15.3 Å². The zero-order valence-electron chi connectivity index (χ0n) is 16.1. The minimum Gasteiger partial charge on any atom is -0.378 e. The topological polar surface area (TPSA) is 85.6 Å². The summed E-state index contributed by atoms with van der Waals surface area (Å²) in [5.41, 5.74) is 2.20. The van der Waals surface area contributed by atoms with E-state index in [2.05, 4.69) is 9.62 Å². The number of rotatable bonds is 4. The quantitative estimate of drug-likeness (QED) is 0.677. The van der Waals surface area contributed by atoms with Crippen molar-refractivity contribution >= 4 is 44.0 Å². The van der Waals surface area contributed by atoms with E-state index in [1.807, 2.05) is 0 Å². The number of imidazole rings is 1. The number of sulfonamides is 1. The normalized spacial score (nSPS) is 15.1. The maximum atomic E-state index is 12.9. The molecular formula is C19H21ClN4O4S. The highest BCUT2D eigenvalue weighted by atomic mass is 35.5. The lowest BCUT2D eigenvalue weighted by molar-refractivity contribution is 0.122. The number of hydrogen-bond donors (Lipinski definition) is 1. The number of benzene rings is 2. The summed E-state index contributed by atoms with van der Waals surface area (Å²) in [5, 5.41) is 0.466. The van der Waals surface area contributed by atoms with Gasteiger partial charge in [0.1, 0.15) is 0 Å². The molecule has 1 aromatic heterocycles. The number of aryl methyl sites for hydroxylation is 2. The lowest BCUT2D eigenvalue weighted by Crippen LogP contribution is -2.36. The van der Waals surface area contributed by atoms with Crippen molar-refractivity contribution in [2.75, 3.05) is 35.9 Å². The Hall–Kier alpha value is -2.49. The second-order valence-corrected chi connectivity index (χ2v) is 9.01. The highest BCUT2D eigenvalue weighted by Crippen LogP contribution is 2.30. The largest absolute Gasteiger partial charge is 0.378 e. The third kappa shape index (κ3) is 3.61. The van der Waals surface area contributed by atoms with Crippen LogP contribution in [0.25, 0.3) is 11.0 Å². The van der Waals surface area contributed by atoms with Crippen LogP contribution in [0.15, 0.2) is 46.1 Å². The molecule has 0 aliphatic carbocycles. The Kier molecular flexibility index (Phi) is 5.05. The molecule has 2 heterocycles. The molecule has 8 nitrogen and oxygen atoms in total. The molecule has 0 spiro atoms. The predicted molar refractivity (Wildman–Crippen MR) is 113 cm³/mol. The number of nitrogens with one attached hydrogen (secondary N) is 1. The number of halogens is 1. The summed E-state index contributed by atoms with van der Waals surface area (Å²) < 4.78 is 36.5. The first-order valence-electron chi connectivity index (χ1n) is 9.08. The van der Waals surface area contributed by atoms with Gasteiger partial charge in [0.05, 0.1) is 45.5 Å². The fourth-order valence-electron chi connectivity index (χ4n) is 3.50. The van der Waals surface area contributed by atoms with Crippen molar-refractivity contribution in [3.8, 4) is 0 Å². The second kappa shape index (κ2) is 7.40. The van der Waals surface area contributed by atoms with Gasteiger partial charge in [0.25, 0.3) is 10.0 Å². The molecule has 0 radical (unpaired) electrons. The SMILES string of the molecule is Cn1c(=O)n(C)c2cc(S(=O)(=O)Nc3ccc(N4CCOCC4)c(Cl)c3)ccc21. The fraction of sp³-hybridized carbons (Fsp3) is 0.316. The summed E-state index contributed by atoms with van der Waals surface area (Å²) in [6, 6.07) is 9.68. The maximum absolute atomic E-state index is 12.9. The molecule has 10 heteroatoms. The number of hydrogen-bond acceptors (Lipinski definition) is 5. The van der Waals surface area contributed by atoms with Gasteiger partial charge in [-0.05, 0) is 36.4 Å². The summed E-state index contributed by atoms with van der Waals surface area (Å²) >= 11 is 6.40. The molecule has 3 aromatic rings. The Morgan fingerprint density at radius 2 is 1.69 bits per heavy atom. The molecule has 29 heavy (non-hydrogen) atoms. The first-order chi connectivity index (χ1) is 13.8. The van der Waals surface area contributed by atoms with E-state index in [1.54, 1.807) is 38.4 Å². The Bertz CT molecular complexity index is 1240. The number of ether oxygens (including phenoxy) is 1. The molecule has 4 rings (SSSR count). The highest BCUT2D eigenvalue weighted by molar-refractivity contribution is 7.92. The third-order valence-electron chi connectivity index (χ3n) is 5.11. The summed E-state index contributed by atoms with van der Waals surface area (Å²) in [7, 11) is -0.589. The van der Waals surface area contributed by atoms with E-state index in [9.17, 15) is 13.2 Å². The van der Waals surface area contributed by atoms with Crippen molar-refractivity contribution in [3.05, 3.63) is 51.9 Å². The summed E-state index contributed by atoms with van der Waals surface area (Å²) in [5.74, 6) is 0. The number of fused-ring (bicyclic) bond motifs is 1. The number of aromatic nitrogens is 2. The van der Waals surface area contributed by atoms with Gasteiger partial charge in [-0.3, -0.25) is 13.9 Å². The molecule has 1 fully saturated rings. The summed E-state index contributed by atoms with van der Waals surface area (Å²) in [6.07, 6.45) is 0. The van der Waals surface area contributed by atoms with Crippen LogP contribution in [-0.2, 0) is 28.9 Å². The van der Waals surface area contributed by atoms with Crippen molar-refractivity contribution in [1.29, 1.82) is 0 Å². The average molecular weight is 437 g/mol. The average Bonchev–Trinajstić information content (AvgIpc) is 2.92. The van der Waals surface area contributed by atoms with Crippen LogP contribution in [0.4, 0.5) is 11.4 Å². The Morgan fingerprint density at radius 3 is 2.38 bits per heavy atom. The molecule has 2 aromatic carbocycles. The number of nitrogens with zero attached hydrogens (tertiary/aromatic N) is 3. The Labute approximate surface area is 173 Å². The molecule has 0 atom stereocenters. The first-order valence-corrected chi connectivity index (χ1v) is 10.9. The minimum atomic E-state index is -3.85. The van der Waals surface area contributed by atoms with Crippen molar-refractivity contribution in [1.82, 2.24) is 9.13 Å². The van der Waals surface area contributed by atoms with E-state index < -0.39 is 10.0 Å². The zero-order valence-corrected chi connectivity index (χ0v) is 17.6. The number of morpholine rings is 1. The molecule has 1 aliphatic rings. The van der Waals surface area contributed by atoms with Gasteiger partial charge in [0.15, 0.2) is 0 Å². The van der Waals surface area contributed by atoms with E-state index in [1.165, 1.54) is 21.3 Å². The molecule has 1 aliphatic heterocycles. The van der Waals surface area contributed by atoms with E-state index in [-0.39, 0.29) is 10.6 Å². The van der Waals surface area contributed by atoms with Crippen molar-refractivity contribution in [2.24, 2.45) is 14.1 Å². The Balaban J connectivity index is 1.63. The minimum absolute atomic E-state index is 0.0691. The predicted octanol–water partition coefficient (Wildman–Crippen LogP) is 2.17. The number of anilines is 2. The standard InChI is InChI=1S/C19H21ClN4O4S/c1-22-17-6-4-14(12-18(17)23(2)19(22)25)29(26,27)21-13-3-5-16(15(20)11-13)24-7-9-28-10-8-24/h3-6,11-12,21H,7-10H2,1-2H3. The van der Waals surface area contributed by atoms with E-state index in [4.69, 9.17) is 16.3 Å². The van der Waals surface area contributed by atoms with Crippen LogP contribution in [0.2, 0.25) is 5.02 Å². The van der Waals surface area contributed by atoms with E-state index >= 15 is 0 Å². The van der Waals surface area contributed by atoms with Crippen molar-refractivity contribution in [2.45, 2.75) is 4.90 Å². The van der Waals surface area contributed by atoms with Crippen LogP contribution in [0.5, 0.6) is 0 Å². The maximum Gasteiger partial charge on any atom is 0.328 e. The molecule has 0 bridgehead atoms. The zero-order chi connectivity index (χ0) is 20.8. The van der Waals surface area contributed by atoms with Gasteiger partial charge in [0, 0.05) is 27.2 Å². The molecule has 154 valence electrons. The fourth-order valence-corrected chi connectivity index (χ4v) is 4.87. The molecule has 0 amide bonds. The molecule has 0 saturated carbocycles. The van der Waals surface area contributed by atoms with Gasteiger partial charge >= 0.3 is 5.69 Å². The monoisotopic (exact) mass is 436 g/mol. The molecular weight excluding hydrogens is 416 g/mol. The molecule has 1 saturated heterocycles. The Morgan fingerprint density at radius 1 is 1.00 bits per heavy atom. The van der Waals surface area contributed by atoms with Gasteiger partial charge in [-0.25, -0.2) is 13.2 Å². The van der Waals surface area contributed by atoms with Gasteiger partial charge in [-0.1, -0.05) is 11.6 Å². The van der Waals surface area contributed by atoms with Crippen LogP contribution in [0.3, 0.4) is 0 Å². The van der Waals surface area contributed by atoms with E-state index in [0.29, 0.717) is 35.0 Å². The van der Waals surface area contributed by atoms with Gasteiger partial charge in [-0.2, -0.15) is 0 Å². The highest BCUT2D eigenvalue weighted by Gasteiger charge is 2.19. The summed E-state index contributed by atoms with van der Waals surface area (Å²) in [4.78, 5) is 14.2. The molecule has 0 unspecified atom stereocenters. The van der Waals surface area contributed by atoms with Crippen LogP contribution in [0, 0.1) is 0 Å². The van der Waals surface area contributed by atoms with Gasteiger partial charge < -0.3 is 9.64 Å². The van der Waals surface area contributed by atoms with Crippen molar-refractivity contribution < 1.29 is 13.2 Å². The summed E-state index contributed by atoms with van der Waals surface area (Å²) in [6.45, 7) is 2.74. The lowest BCUT2D eigenvalue weighted by Gasteiger charge is -2.29. The smallest absolute Gasteiger partial charge is 0.328 e. The lowest BCUT2D eigenvalue weighted by atomic mass is 10.2. The van der Waals surface area contributed by atoms with E-state index in [0.717, 1.165) is 18.8 Å². The van der Waals surface area contributed by atoms with Crippen LogP contribution in [-0.4, -0.2) is 43.9 Å².